The van der Waals surface area contributed by atoms with Crippen LogP contribution in [0, 0.1) is 29.6 Å². The summed E-state index contributed by atoms with van der Waals surface area (Å²) in [6.45, 7) is 0. The van der Waals surface area contributed by atoms with Crippen molar-refractivity contribution < 1.29 is 9.21 Å². The maximum atomic E-state index is 12.6. The molecule has 3 fully saturated rings. The van der Waals surface area contributed by atoms with Crippen molar-refractivity contribution >= 4 is 16.8 Å². The average Bonchev–Trinajstić information content (AvgIpc) is 2.83. The van der Waals surface area contributed by atoms with E-state index in [0.29, 0.717) is 17.6 Å². The van der Waals surface area contributed by atoms with Crippen molar-refractivity contribution in [2.75, 3.05) is 0 Å². The Labute approximate surface area is 111 Å². The van der Waals surface area contributed by atoms with Crippen molar-refractivity contribution in [3.8, 4) is 0 Å². The molecular weight excluding hydrogens is 236 g/mol. The van der Waals surface area contributed by atoms with Crippen LogP contribution in [0.25, 0.3) is 11.0 Å². The van der Waals surface area contributed by atoms with E-state index in [1.165, 1.54) is 19.3 Å². The predicted molar refractivity (Wildman–Crippen MR) is 71.8 cm³/mol. The molecule has 5 rings (SSSR count). The van der Waals surface area contributed by atoms with E-state index in [1.807, 2.05) is 30.3 Å². The molecule has 0 spiro atoms. The lowest BCUT2D eigenvalue weighted by atomic mass is 9.99. The highest BCUT2D eigenvalue weighted by molar-refractivity contribution is 6.01. The van der Waals surface area contributed by atoms with Crippen molar-refractivity contribution in [2.45, 2.75) is 19.3 Å². The van der Waals surface area contributed by atoms with Crippen LogP contribution in [-0.2, 0) is 0 Å². The van der Waals surface area contributed by atoms with Gasteiger partial charge in [-0.05, 0) is 55.1 Å². The largest absolute Gasteiger partial charge is 0.453 e. The number of hydrogen-bond donors (Lipinski definition) is 0. The minimum atomic E-state index is 0.266. The third-order valence-electron chi connectivity index (χ3n) is 5.71. The quantitative estimate of drug-likeness (QED) is 0.759. The third kappa shape index (κ3) is 1.24. The first-order chi connectivity index (χ1) is 9.33. The molecule has 1 heterocycles. The van der Waals surface area contributed by atoms with E-state index in [2.05, 4.69) is 0 Å². The molecule has 3 aliphatic rings. The Kier molecular flexibility index (Phi) is 1.78. The molecule has 0 N–H and O–H groups in total. The summed E-state index contributed by atoms with van der Waals surface area (Å²) in [6.07, 6.45) is 4.10. The molecule has 2 aromatic rings. The molecular formula is C17H16O2. The summed E-state index contributed by atoms with van der Waals surface area (Å²) in [5, 5.41) is 1.04. The smallest absolute Gasteiger partial charge is 0.201 e. The monoisotopic (exact) mass is 252 g/mol. The van der Waals surface area contributed by atoms with Crippen LogP contribution in [0.2, 0.25) is 0 Å². The Hall–Kier alpha value is -1.57. The Balaban J connectivity index is 1.49. The molecule has 0 saturated heterocycles. The second-order valence-corrected chi connectivity index (χ2v) is 6.53. The molecule has 1 aromatic heterocycles. The summed E-state index contributed by atoms with van der Waals surface area (Å²) in [4.78, 5) is 12.6. The van der Waals surface area contributed by atoms with Gasteiger partial charge in [-0.2, -0.15) is 0 Å². The minimum absolute atomic E-state index is 0.266. The van der Waals surface area contributed by atoms with Gasteiger partial charge in [-0.15, -0.1) is 0 Å². The van der Waals surface area contributed by atoms with Gasteiger partial charge in [-0.1, -0.05) is 18.2 Å². The number of hydrogen-bond acceptors (Lipinski definition) is 2. The zero-order valence-electron chi connectivity index (χ0n) is 10.7. The first-order valence-corrected chi connectivity index (χ1v) is 7.36. The molecule has 19 heavy (non-hydrogen) atoms. The maximum absolute atomic E-state index is 12.6. The second-order valence-electron chi connectivity index (χ2n) is 6.53. The van der Waals surface area contributed by atoms with E-state index in [0.717, 1.165) is 22.8 Å². The van der Waals surface area contributed by atoms with Crippen molar-refractivity contribution in [2.24, 2.45) is 29.6 Å². The SMILES string of the molecule is O=C(c1cc2ccccc2o1)C1C2C3CCC(C3)C12. The summed E-state index contributed by atoms with van der Waals surface area (Å²) >= 11 is 0. The van der Waals surface area contributed by atoms with Crippen LogP contribution < -0.4 is 0 Å². The van der Waals surface area contributed by atoms with Crippen LogP contribution in [0.4, 0.5) is 0 Å². The van der Waals surface area contributed by atoms with Crippen LogP contribution in [0.5, 0.6) is 0 Å². The minimum Gasteiger partial charge on any atom is -0.453 e. The molecule has 0 radical (unpaired) electrons. The van der Waals surface area contributed by atoms with Crippen molar-refractivity contribution in [3.05, 3.63) is 36.1 Å². The molecule has 2 bridgehead atoms. The van der Waals surface area contributed by atoms with Gasteiger partial charge in [0.15, 0.2) is 5.76 Å². The highest BCUT2D eigenvalue weighted by Crippen LogP contribution is 2.69. The number of carbonyl (C=O) groups is 1. The van der Waals surface area contributed by atoms with E-state index in [1.54, 1.807) is 0 Å². The predicted octanol–water partition coefficient (Wildman–Crippen LogP) is 3.91. The zero-order chi connectivity index (χ0) is 12.6. The number of para-hydroxylation sites is 1. The Morgan fingerprint density at radius 1 is 1.11 bits per heavy atom. The Bertz CT molecular complexity index is 634. The Morgan fingerprint density at radius 3 is 2.58 bits per heavy atom. The molecule has 2 nitrogen and oxygen atoms in total. The van der Waals surface area contributed by atoms with Gasteiger partial charge < -0.3 is 4.42 Å². The molecule has 0 amide bonds. The molecule has 2 heteroatoms. The van der Waals surface area contributed by atoms with Gasteiger partial charge in [0, 0.05) is 11.3 Å². The highest BCUT2D eigenvalue weighted by atomic mass is 16.3. The van der Waals surface area contributed by atoms with E-state index in [9.17, 15) is 4.79 Å². The Morgan fingerprint density at radius 2 is 1.84 bits per heavy atom. The van der Waals surface area contributed by atoms with E-state index in [-0.39, 0.29) is 11.7 Å². The van der Waals surface area contributed by atoms with Gasteiger partial charge in [0.2, 0.25) is 5.78 Å². The van der Waals surface area contributed by atoms with E-state index < -0.39 is 0 Å². The lowest BCUT2D eigenvalue weighted by Crippen LogP contribution is -2.09. The summed E-state index contributed by atoms with van der Waals surface area (Å²) in [6, 6.07) is 9.80. The van der Waals surface area contributed by atoms with Crippen molar-refractivity contribution in [3.63, 3.8) is 0 Å². The fraction of sp³-hybridized carbons (Fsp3) is 0.471. The summed E-state index contributed by atoms with van der Waals surface area (Å²) in [7, 11) is 0. The topological polar surface area (TPSA) is 30.2 Å². The van der Waals surface area contributed by atoms with Gasteiger partial charge in [0.05, 0.1) is 0 Å². The van der Waals surface area contributed by atoms with Crippen LogP contribution in [0.1, 0.15) is 29.8 Å². The molecule has 3 aliphatic carbocycles. The molecule has 0 aliphatic heterocycles. The number of benzene rings is 1. The van der Waals surface area contributed by atoms with Gasteiger partial charge in [-0.3, -0.25) is 4.79 Å². The van der Waals surface area contributed by atoms with E-state index >= 15 is 0 Å². The summed E-state index contributed by atoms with van der Waals surface area (Å²) in [5.74, 6) is 4.20. The number of rotatable bonds is 2. The van der Waals surface area contributed by atoms with Crippen LogP contribution in [0.15, 0.2) is 34.7 Å². The summed E-state index contributed by atoms with van der Waals surface area (Å²) < 4.78 is 5.74. The van der Waals surface area contributed by atoms with Crippen LogP contribution >= 0.6 is 0 Å². The van der Waals surface area contributed by atoms with Gasteiger partial charge in [0.25, 0.3) is 0 Å². The molecule has 4 unspecified atom stereocenters. The number of Topliss-reactive ketones (excluding diaryl/α,β-unsaturated/α-hetero) is 1. The fourth-order valence-corrected chi connectivity index (χ4v) is 4.94. The maximum Gasteiger partial charge on any atom is 0.201 e. The van der Waals surface area contributed by atoms with Gasteiger partial charge >= 0.3 is 0 Å². The number of ketones is 1. The normalized spacial score (nSPS) is 38.6. The zero-order valence-corrected chi connectivity index (χ0v) is 10.7. The first-order valence-electron chi connectivity index (χ1n) is 7.36. The standard InChI is InChI=1S/C17H16O2/c18-17(13-8-9-3-1-2-4-12(9)19-13)16-14-10-5-6-11(7-10)15(14)16/h1-4,8,10-11,14-16H,5-7H2. The van der Waals surface area contributed by atoms with Gasteiger partial charge in [0.1, 0.15) is 5.58 Å². The fourth-order valence-electron chi connectivity index (χ4n) is 4.94. The summed E-state index contributed by atoms with van der Waals surface area (Å²) in [5.41, 5.74) is 0.833. The van der Waals surface area contributed by atoms with Crippen LogP contribution in [-0.4, -0.2) is 5.78 Å². The first kappa shape index (κ1) is 10.2. The number of carbonyl (C=O) groups excluding carboxylic acids is 1. The number of fused-ring (bicyclic) bond motifs is 6. The molecule has 4 atom stereocenters. The van der Waals surface area contributed by atoms with E-state index in [4.69, 9.17) is 4.42 Å². The number of furan rings is 1. The molecule has 96 valence electrons. The molecule has 1 aromatic carbocycles. The lowest BCUT2D eigenvalue weighted by molar-refractivity contribution is 0.0919. The average molecular weight is 252 g/mol. The second kappa shape index (κ2) is 3.30. The van der Waals surface area contributed by atoms with Crippen molar-refractivity contribution in [1.82, 2.24) is 0 Å². The van der Waals surface area contributed by atoms with Gasteiger partial charge in [-0.25, -0.2) is 0 Å². The third-order valence-corrected chi connectivity index (χ3v) is 5.71. The lowest BCUT2D eigenvalue weighted by Gasteiger charge is -2.05. The van der Waals surface area contributed by atoms with Crippen molar-refractivity contribution in [1.29, 1.82) is 0 Å². The highest BCUT2D eigenvalue weighted by Gasteiger charge is 2.67. The molecule has 3 saturated carbocycles. The van der Waals surface area contributed by atoms with Crippen LogP contribution in [0.3, 0.4) is 0 Å².